The van der Waals surface area contributed by atoms with Crippen LogP contribution in [0.25, 0.3) is 0 Å². The summed E-state index contributed by atoms with van der Waals surface area (Å²) < 4.78 is 8.88. The summed E-state index contributed by atoms with van der Waals surface area (Å²) in [5, 5.41) is 12.3. The summed E-state index contributed by atoms with van der Waals surface area (Å²) in [7, 11) is -4.64. The van der Waals surface area contributed by atoms with E-state index in [4.69, 9.17) is 25.0 Å². The molecule has 2 amide bonds. The summed E-state index contributed by atoms with van der Waals surface area (Å²) in [6.07, 6.45) is 2.59. The van der Waals surface area contributed by atoms with Crippen molar-refractivity contribution in [1.82, 2.24) is 10.2 Å². The third kappa shape index (κ3) is 9.73. The fraction of sp³-hybridized carbons (Fsp3) is 0.364. The van der Waals surface area contributed by atoms with Crippen LogP contribution in [0.3, 0.4) is 0 Å². The number of hydrogen-bond acceptors (Lipinski definition) is 5. The first-order valence-electron chi connectivity index (χ1n) is 10.5. The number of hydrogen-bond donors (Lipinski definition) is 6. The molecule has 2 atom stereocenters. The summed E-state index contributed by atoms with van der Waals surface area (Å²) in [6.45, 7) is 1.10. The van der Waals surface area contributed by atoms with E-state index in [-0.39, 0.29) is 17.6 Å². The highest BCUT2D eigenvalue weighted by molar-refractivity contribution is 7.45. The Hall–Kier alpha value is -2.75. The van der Waals surface area contributed by atoms with Crippen LogP contribution >= 0.6 is 7.82 Å². The lowest BCUT2D eigenvalue weighted by molar-refractivity contribution is -0.139. The second kappa shape index (κ2) is 12.5. The highest BCUT2D eigenvalue weighted by atomic mass is 31.2. The zero-order chi connectivity index (χ0) is 24.4. The molecule has 0 unspecified atom stereocenters. The molecule has 2 aromatic rings. The molecule has 7 N–H and O–H groups in total. The SMILES string of the molecule is N[C@@H](Cc1ccc(O)cc1)C(=O)N1CCC[C@H]1C(=O)NCCc1ccccc1.O=P(O)(O)O. The van der Waals surface area contributed by atoms with E-state index in [1.165, 1.54) is 0 Å². The number of rotatable bonds is 7. The molecule has 0 saturated carbocycles. The fourth-order valence-electron chi connectivity index (χ4n) is 3.58. The molecule has 0 spiro atoms. The van der Waals surface area contributed by atoms with Gasteiger partial charge in [0, 0.05) is 13.1 Å². The van der Waals surface area contributed by atoms with Gasteiger partial charge in [-0.15, -0.1) is 0 Å². The van der Waals surface area contributed by atoms with Gasteiger partial charge in [0.25, 0.3) is 0 Å². The molecule has 2 aromatic carbocycles. The van der Waals surface area contributed by atoms with Gasteiger partial charge in [-0.1, -0.05) is 42.5 Å². The number of nitrogens with one attached hydrogen (secondary N) is 1. The Morgan fingerprint density at radius 1 is 1.06 bits per heavy atom. The molecule has 0 bridgehead atoms. The molecule has 0 aliphatic carbocycles. The molecular formula is C22H30N3O7P. The molecule has 180 valence electrons. The van der Waals surface area contributed by atoms with Crippen LogP contribution in [0, 0.1) is 0 Å². The predicted molar refractivity (Wildman–Crippen MR) is 122 cm³/mol. The predicted octanol–water partition coefficient (Wildman–Crippen LogP) is 0.683. The molecule has 33 heavy (non-hydrogen) atoms. The Balaban J connectivity index is 0.000000696. The maximum Gasteiger partial charge on any atom is 0.466 e. The molecule has 1 aliphatic rings. The zero-order valence-corrected chi connectivity index (χ0v) is 19.0. The minimum Gasteiger partial charge on any atom is -0.508 e. The Kier molecular flexibility index (Phi) is 10.0. The van der Waals surface area contributed by atoms with Crippen LogP contribution in [-0.2, 0) is 27.0 Å². The summed E-state index contributed by atoms with van der Waals surface area (Å²) in [5.74, 6) is -0.136. The van der Waals surface area contributed by atoms with Crippen LogP contribution < -0.4 is 11.1 Å². The maximum absolute atomic E-state index is 12.8. The number of amides is 2. The van der Waals surface area contributed by atoms with Gasteiger partial charge in [-0.2, -0.15) is 0 Å². The van der Waals surface area contributed by atoms with Gasteiger partial charge >= 0.3 is 7.82 Å². The maximum atomic E-state index is 12.8. The largest absolute Gasteiger partial charge is 0.508 e. The molecule has 11 heteroatoms. The van der Waals surface area contributed by atoms with Gasteiger partial charge < -0.3 is 35.7 Å². The first kappa shape index (κ1) is 26.5. The fourth-order valence-corrected chi connectivity index (χ4v) is 3.58. The second-order valence-electron chi connectivity index (χ2n) is 7.71. The molecular weight excluding hydrogens is 449 g/mol. The number of carbonyl (C=O) groups is 2. The van der Waals surface area contributed by atoms with Gasteiger partial charge in [0.05, 0.1) is 6.04 Å². The van der Waals surface area contributed by atoms with E-state index < -0.39 is 19.9 Å². The van der Waals surface area contributed by atoms with E-state index in [1.807, 2.05) is 30.3 Å². The van der Waals surface area contributed by atoms with Crippen molar-refractivity contribution in [2.45, 2.75) is 37.8 Å². The van der Waals surface area contributed by atoms with E-state index in [1.54, 1.807) is 29.2 Å². The van der Waals surface area contributed by atoms with Crippen LogP contribution in [0.1, 0.15) is 24.0 Å². The third-order valence-electron chi connectivity index (χ3n) is 5.10. The number of nitrogens with zero attached hydrogens (tertiary/aromatic N) is 1. The van der Waals surface area contributed by atoms with E-state index >= 15 is 0 Å². The average molecular weight is 479 g/mol. The van der Waals surface area contributed by atoms with E-state index in [0.29, 0.717) is 25.9 Å². The van der Waals surface area contributed by atoms with Crippen LogP contribution in [0.15, 0.2) is 54.6 Å². The van der Waals surface area contributed by atoms with Gasteiger partial charge in [0.2, 0.25) is 11.8 Å². The molecule has 3 rings (SSSR count). The number of nitrogens with two attached hydrogens (primary N) is 1. The summed E-state index contributed by atoms with van der Waals surface area (Å²) in [6, 6.07) is 15.5. The average Bonchev–Trinajstić information content (AvgIpc) is 3.24. The van der Waals surface area contributed by atoms with Crippen molar-refractivity contribution in [3.05, 3.63) is 65.7 Å². The number of phenols is 1. The van der Waals surface area contributed by atoms with Gasteiger partial charge in [0.1, 0.15) is 11.8 Å². The number of phenolic OH excluding ortho intramolecular Hbond substituents is 1. The Labute approximate surface area is 192 Å². The van der Waals surface area contributed by atoms with Gasteiger partial charge in [-0.25, -0.2) is 4.57 Å². The summed E-state index contributed by atoms with van der Waals surface area (Å²) in [4.78, 5) is 48.6. The Morgan fingerprint density at radius 2 is 1.67 bits per heavy atom. The molecule has 1 aliphatic heterocycles. The topological polar surface area (TPSA) is 173 Å². The van der Waals surface area contributed by atoms with Crippen LogP contribution in [0.5, 0.6) is 5.75 Å². The second-order valence-corrected chi connectivity index (χ2v) is 8.73. The first-order valence-corrected chi connectivity index (χ1v) is 12.0. The standard InChI is InChI=1S/C22H27N3O3.H3O4P/c23-19(15-17-8-10-18(26)11-9-17)22(28)25-14-4-7-20(25)21(27)24-13-12-16-5-2-1-3-6-16;1-5(2,3)4/h1-3,5-6,8-11,19-20,26H,4,7,12-15,23H2,(H,24,27);(H3,1,2,3,4)/t19-,20-;/m0./s1. The lowest BCUT2D eigenvalue weighted by Gasteiger charge is -2.26. The van der Waals surface area contributed by atoms with E-state index in [0.717, 1.165) is 24.0 Å². The van der Waals surface area contributed by atoms with Crippen molar-refractivity contribution in [3.63, 3.8) is 0 Å². The van der Waals surface area contributed by atoms with E-state index in [2.05, 4.69) is 5.32 Å². The lowest BCUT2D eigenvalue weighted by Crippen LogP contribution is -2.52. The molecule has 1 saturated heterocycles. The van der Waals surface area contributed by atoms with Crippen molar-refractivity contribution in [3.8, 4) is 5.75 Å². The minimum atomic E-state index is -4.64. The Bertz CT molecular complexity index is 942. The molecule has 1 fully saturated rings. The third-order valence-corrected chi connectivity index (χ3v) is 5.10. The first-order chi connectivity index (χ1) is 15.5. The molecule has 0 aromatic heterocycles. The van der Waals surface area contributed by atoms with Crippen molar-refractivity contribution in [1.29, 1.82) is 0 Å². The highest BCUT2D eigenvalue weighted by Crippen LogP contribution is 2.25. The van der Waals surface area contributed by atoms with E-state index in [9.17, 15) is 14.7 Å². The van der Waals surface area contributed by atoms with Crippen LogP contribution in [0.2, 0.25) is 0 Å². The van der Waals surface area contributed by atoms with Gasteiger partial charge in [-0.05, 0) is 48.9 Å². The lowest BCUT2D eigenvalue weighted by atomic mass is 10.0. The smallest absolute Gasteiger partial charge is 0.466 e. The number of aromatic hydroxyl groups is 1. The normalized spacial score (nSPS) is 16.5. The quantitative estimate of drug-likeness (QED) is 0.315. The molecule has 0 radical (unpaired) electrons. The number of benzene rings is 2. The molecule has 10 nitrogen and oxygen atoms in total. The number of carbonyl (C=O) groups excluding carboxylic acids is 2. The van der Waals surface area contributed by atoms with Crippen molar-refractivity contribution >= 4 is 19.6 Å². The zero-order valence-electron chi connectivity index (χ0n) is 18.1. The van der Waals surface area contributed by atoms with Crippen LogP contribution in [-0.4, -0.2) is 61.7 Å². The van der Waals surface area contributed by atoms with Crippen molar-refractivity contribution in [2.24, 2.45) is 5.73 Å². The highest BCUT2D eigenvalue weighted by Gasteiger charge is 2.35. The monoisotopic (exact) mass is 479 g/mol. The van der Waals surface area contributed by atoms with Crippen LogP contribution in [0.4, 0.5) is 0 Å². The van der Waals surface area contributed by atoms with Crippen molar-refractivity contribution in [2.75, 3.05) is 13.1 Å². The summed E-state index contributed by atoms with van der Waals surface area (Å²) >= 11 is 0. The van der Waals surface area contributed by atoms with Gasteiger partial charge in [-0.3, -0.25) is 9.59 Å². The number of phosphoric acid groups is 1. The minimum absolute atomic E-state index is 0.112. The number of likely N-dealkylation sites (tertiary alicyclic amines) is 1. The van der Waals surface area contributed by atoms with Gasteiger partial charge in [0.15, 0.2) is 0 Å². The van der Waals surface area contributed by atoms with Crippen molar-refractivity contribution < 1.29 is 33.9 Å². The molecule has 1 heterocycles. The Morgan fingerprint density at radius 3 is 2.27 bits per heavy atom. The summed E-state index contributed by atoms with van der Waals surface area (Å²) in [5.41, 5.74) is 8.16.